The second kappa shape index (κ2) is 5.21. The number of hydrogen-bond donors (Lipinski definition) is 1. The number of nitrogens with one attached hydrogen (secondary N) is 1. The first-order valence-corrected chi connectivity index (χ1v) is 5.29. The van der Waals surface area contributed by atoms with Gasteiger partial charge in [-0.15, -0.1) is 0 Å². The second-order valence-corrected chi connectivity index (χ2v) is 4.78. The first-order chi connectivity index (χ1) is 6.97. The number of allylic oxidation sites excluding steroid dienone is 2. The Morgan fingerprint density at radius 1 is 1.47 bits per heavy atom. The summed E-state index contributed by atoms with van der Waals surface area (Å²) in [5.41, 5.74) is 1.20. The lowest BCUT2D eigenvalue weighted by Crippen LogP contribution is -2.36. The highest BCUT2D eigenvalue weighted by Gasteiger charge is 2.08. The molecule has 84 valence electrons. The Labute approximate surface area is 91.0 Å². The van der Waals surface area contributed by atoms with Gasteiger partial charge in [-0.1, -0.05) is 5.57 Å². The average Bonchev–Trinajstić information content (AvgIpc) is 2.27. The van der Waals surface area contributed by atoms with Crippen LogP contribution in [0.25, 0.3) is 0 Å². The van der Waals surface area contributed by atoms with Crippen molar-refractivity contribution in [1.82, 2.24) is 5.32 Å². The van der Waals surface area contributed by atoms with Gasteiger partial charge in [0.05, 0.1) is 6.20 Å². The molecule has 0 spiro atoms. The summed E-state index contributed by atoms with van der Waals surface area (Å²) in [6.07, 6.45) is 6.19. The number of rotatable bonds is 3. The highest BCUT2D eigenvalue weighted by atomic mass is 19.1. The Morgan fingerprint density at radius 2 is 2.20 bits per heavy atom. The lowest BCUT2D eigenvalue weighted by molar-refractivity contribution is 0.429. The van der Waals surface area contributed by atoms with Gasteiger partial charge >= 0.3 is 0 Å². The molecule has 0 aromatic heterocycles. The third-order valence-corrected chi connectivity index (χ3v) is 2.10. The van der Waals surface area contributed by atoms with Crippen molar-refractivity contribution in [3.05, 3.63) is 23.7 Å². The minimum Gasteiger partial charge on any atom is -0.312 e. The molecule has 0 bridgehead atoms. The van der Waals surface area contributed by atoms with E-state index in [1.165, 1.54) is 6.20 Å². The van der Waals surface area contributed by atoms with E-state index in [2.05, 4.69) is 31.1 Å². The molecule has 0 aromatic carbocycles. The summed E-state index contributed by atoms with van der Waals surface area (Å²) in [6.45, 7) is 7.24. The molecule has 1 N–H and O–H groups in total. The summed E-state index contributed by atoms with van der Waals surface area (Å²) in [7, 11) is 0. The van der Waals surface area contributed by atoms with Gasteiger partial charge in [0.15, 0.2) is 0 Å². The fourth-order valence-electron chi connectivity index (χ4n) is 1.36. The van der Waals surface area contributed by atoms with Crippen molar-refractivity contribution in [3.63, 3.8) is 0 Å². The van der Waals surface area contributed by atoms with Crippen LogP contribution < -0.4 is 5.32 Å². The van der Waals surface area contributed by atoms with Crippen molar-refractivity contribution in [2.45, 2.75) is 39.2 Å². The summed E-state index contributed by atoms with van der Waals surface area (Å²) in [5, 5.41) is 3.38. The quantitative estimate of drug-likeness (QED) is 0.761. The lowest BCUT2D eigenvalue weighted by atomic mass is 10.1. The molecule has 0 atom stereocenters. The van der Waals surface area contributed by atoms with Crippen LogP contribution in [0.15, 0.2) is 28.7 Å². The fourth-order valence-corrected chi connectivity index (χ4v) is 1.36. The molecule has 15 heavy (non-hydrogen) atoms. The zero-order chi connectivity index (χ0) is 11.3. The van der Waals surface area contributed by atoms with E-state index in [-0.39, 0.29) is 11.4 Å². The van der Waals surface area contributed by atoms with Gasteiger partial charge in [-0.2, -0.15) is 0 Å². The van der Waals surface area contributed by atoms with E-state index in [0.29, 0.717) is 0 Å². The maximum absolute atomic E-state index is 13.0. The summed E-state index contributed by atoms with van der Waals surface area (Å²) in [6, 6.07) is 0. The molecule has 1 rings (SSSR count). The zero-order valence-electron chi connectivity index (χ0n) is 9.68. The fraction of sp³-hybridized carbons (Fsp3) is 0.583. The first-order valence-electron chi connectivity index (χ1n) is 5.29. The van der Waals surface area contributed by atoms with Gasteiger partial charge in [0.2, 0.25) is 0 Å². The molecule has 1 aliphatic rings. The van der Waals surface area contributed by atoms with Crippen LogP contribution in [-0.2, 0) is 0 Å². The van der Waals surface area contributed by atoms with E-state index in [1.807, 2.05) is 0 Å². The van der Waals surface area contributed by atoms with Crippen molar-refractivity contribution in [2.24, 2.45) is 4.99 Å². The molecular formula is C12H19FN2. The van der Waals surface area contributed by atoms with Gasteiger partial charge in [-0.25, -0.2) is 4.39 Å². The smallest absolute Gasteiger partial charge is 0.141 e. The average molecular weight is 210 g/mol. The van der Waals surface area contributed by atoms with Crippen molar-refractivity contribution < 1.29 is 4.39 Å². The molecule has 0 amide bonds. The highest BCUT2D eigenvalue weighted by Crippen LogP contribution is 2.14. The van der Waals surface area contributed by atoms with Crippen molar-refractivity contribution in [3.8, 4) is 0 Å². The zero-order valence-corrected chi connectivity index (χ0v) is 9.68. The summed E-state index contributed by atoms with van der Waals surface area (Å²) in [5.74, 6) is -0.255. The van der Waals surface area contributed by atoms with Gasteiger partial charge in [0.1, 0.15) is 5.83 Å². The number of halogens is 1. The maximum atomic E-state index is 13.0. The number of hydrogen-bond acceptors (Lipinski definition) is 2. The highest BCUT2D eigenvalue weighted by molar-refractivity contribution is 5.63. The molecule has 0 saturated carbocycles. The van der Waals surface area contributed by atoms with E-state index < -0.39 is 0 Å². The van der Waals surface area contributed by atoms with Crippen LogP contribution in [0.5, 0.6) is 0 Å². The Balaban J connectivity index is 2.39. The van der Waals surface area contributed by atoms with Crippen LogP contribution in [0, 0.1) is 0 Å². The SMILES string of the molecule is CC(C)(C)NCCC1=CC(F)=CN=CC1. The van der Waals surface area contributed by atoms with Crippen LogP contribution in [0.2, 0.25) is 0 Å². The monoisotopic (exact) mass is 210 g/mol. The van der Waals surface area contributed by atoms with Crippen LogP contribution in [0.3, 0.4) is 0 Å². The van der Waals surface area contributed by atoms with Crippen LogP contribution in [0.1, 0.15) is 33.6 Å². The largest absolute Gasteiger partial charge is 0.312 e. The summed E-state index contributed by atoms with van der Waals surface area (Å²) >= 11 is 0. The minimum atomic E-state index is -0.255. The standard InChI is InChI=1S/C12H19FN2/c1-12(2,3)15-7-5-10-4-6-14-9-11(13)8-10/h6,8-9,15H,4-5,7H2,1-3H3. The molecular weight excluding hydrogens is 191 g/mol. The van der Waals surface area contributed by atoms with Gasteiger partial charge in [-0.05, 0) is 39.8 Å². The topological polar surface area (TPSA) is 24.4 Å². The summed E-state index contributed by atoms with van der Waals surface area (Å²) in [4.78, 5) is 3.82. The van der Waals surface area contributed by atoms with E-state index >= 15 is 0 Å². The van der Waals surface area contributed by atoms with E-state index in [4.69, 9.17) is 0 Å². The molecule has 1 heterocycles. The molecule has 0 fully saturated rings. The van der Waals surface area contributed by atoms with Crippen molar-refractivity contribution >= 4 is 6.21 Å². The molecule has 0 saturated heterocycles. The van der Waals surface area contributed by atoms with Gasteiger partial charge < -0.3 is 5.32 Å². The third-order valence-electron chi connectivity index (χ3n) is 2.10. The van der Waals surface area contributed by atoms with Crippen molar-refractivity contribution in [2.75, 3.05) is 6.54 Å². The predicted octanol–water partition coefficient (Wildman–Crippen LogP) is 2.98. The second-order valence-electron chi connectivity index (χ2n) is 4.78. The van der Waals surface area contributed by atoms with Crippen LogP contribution in [0.4, 0.5) is 4.39 Å². The summed E-state index contributed by atoms with van der Waals surface area (Å²) < 4.78 is 13.0. The molecule has 3 heteroatoms. The molecule has 1 aliphatic heterocycles. The Bertz CT molecular complexity index is 295. The Hall–Kier alpha value is -0.960. The Morgan fingerprint density at radius 3 is 2.87 bits per heavy atom. The lowest BCUT2D eigenvalue weighted by Gasteiger charge is -2.20. The number of nitrogens with zero attached hydrogens (tertiary/aromatic N) is 1. The third kappa shape index (κ3) is 5.47. The van der Waals surface area contributed by atoms with E-state index in [0.717, 1.165) is 25.0 Å². The minimum absolute atomic E-state index is 0.119. The van der Waals surface area contributed by atoms with Gasteiger partial charge in [0.25, 0.3) is 0 Å². The first kappa shape index (κ1) is 12.1. The van der Waals surface area contributed by atoms with E-state index in [9.17, 15) is 4.39 Å². The number of aliphatic imine (C=N–C) groups is 1. The molecule has 0 unspecified atom stereocenters. The van der Waals surface area contributed by atoms with Crippen molar-refractivity contribution in [1.29, 1.82) is 0 Å². The molecule has 0 aliphatic carbocycles. The predicted molar refractivity (Wildman–Crippen MR) is 62.8 cm³/mol. The molecule has 2 nitrogen and oxygen atoms in total. The normalized spacial score (nSPS) is 17.1. The maximum Gasteiger partial charge on any atom is 0.141 e. The van der Waals surface area contributed by atoms with E-state index in [1.54, 1.807) is 12.3 Å². The Kier molecular flexibility index (Phi) is 4.21. The van der Waals surface area contributed by atoms with Gasteiger partial charge in [0, 0.05) is 18.2 Å². The molecule has 0 aromatic rings. The molecule has 0 radical (unpaired) electrons. The van der Waals surface area contributed by atoms with Crippen LogP contribution >= 0.6 is 0 Å². The van der Waals surface area contributed by atoms with Crippen LogP contribution in [-0.4, -0.2) is 18.3 Å². The van der Waals surface area contributed by atoms with Gasteiger partial charge in [-0.3, -0.25) is 4.99 Å².